The van der Waals surface area contributed by atoms with E-state index in [1.807, 2.05) is 0 Å². The zero-order valence-electron chi connectivity index (χ0n) is 9.27. The van der Waals surface area contributed by atoms with Crippen LogP contribution in [0.2, 0.25) is 0 Å². The van der Waals surface area contributed by atoms with Crippen LogP contribution in [0, 0.1) is 5.92 Å². The van der Waals surface area contributed by atoms with Crippen LogP contribution >= 0.6 is 0 Å². The fourth-order valence-electron chi connectivity index (χ4n) is 1.31. The van der Waals surface area contributed by atoms with Gasteiger partial charge in [-0.1, -0.05) is 24.3 Å². The van der Waals surface area contributed by atoms with Crippen LogP contribution in [0.25, 0.3) is 0 Å². The van der Waals surface area contributed by atoms with E-state index in [0.29, 0.717) is 5.56 Å². The lowest BCUT2D eigenvalue weighted by atomic mass is 9.99. The molecule has 0 bridgehead atoms. The predicted octanol–water partition coefficient (Wildman–Crippen LogP) is 1.17. The van der Waals surface area contributed by atoms with Crippen LogP contribution in [-0.4, -0.2) is 24.0 Å². The van der Waals surface area contributed by atoms with E-state index >= 15 is 0 Å². The van der Waals surface area contributed by atoms with E-state index in [-0.39, 0.29) is 12.4 Å². The van der Waals surface area contributed by atoms with Gasteiger partial charge in [-0.15, -0.1) is 0 Å². The van der Waals surface area contributed by atoms with Gasteiger partial charge in [0, 0.05) is 5.56 Å². The third-order valence-electron chi connectivity index (χ3n) is 2.37. The molecule has 1 aromatic rings. The molecule has 4 heteroatoms. The van der Waals surface area contributed by atoms with Crippen LogP contribution in [-0.2, 0) is 16.1 Å². The van der Waals surface area contributed by atoms with E-state index in [1.165, 1.54) is 14.0 Å². The summed E-state index contributed by atoms with van der Waals surface area (Å²) in [6.07, 6.45) is 0. The van der Waals surface area contributed by atoms with Gasteiger partial charge in [-0.3, -0.25) is 9.59 Å². The Morgan fingerprint density at radius 1 is 1.31 bits per heavy atom. The summed E-state index contributed by atoms with van der Waals surface area (Å²) >= 11 is 0. The third kappa shape index (κ3) is 2.67. The minimum atomic E-state index is -0.801. The summed E-state index contributed by atoms with van der Waals surface area (Å²) in [5.74, 6) is -1.63. The minimum Gasteiger partial charge on any atom is -0.468 e. The fraction of sp³-hybridized carbons (Fsp3) is 0.333. The highest BCUT2D eigenvalue weighted by Crippen LogP contribution is 2.11. The number of hydrogen-bond donors (Lipinski definition) is 1. The van der Waals surface area contributed by atoms with Gasteiger partial charge in [-0.2, -0.15) is 0 Å². The highest BCUT2D eigenvalue weighted by Gasteiger charge is 2.23. The van der Waals surface area contributed by atoms with Crippen molar-refractivity contribution < 1.29 is 19.4 Å². The van der Waals surface area contributed by atoms with Crippen molar-refractivity contribution in [3.63, 3.8) is 0 Å². The van der Waals surface area contributed by atoms with Gasteiger partial charge >= 0.3 is 5.97 Å². The Labute approximate surface area is 93.9 Å². The molecule has 16 heavy (non-hydrogen) atoms. The van der Waals surface area contributed by atoms with E-state index in [4.69, 9.17) is 5.11 Å². The smallest absolute Gasteiger partial charge is 0.316 e. The number of carbonyl (C=O) groups is 2. The average Bonchev–Trinajstić information content (AvgIpc) is 2.36. The third-order valence-corrected chi connectivity index (χ3v) is 2.37. The molecule has 1 rings (SSSR count). The first-order valence-corrected chi connectivity index (χ1v) is 4.92. The van der Waals surface area contributed by atoms with Crippen LogP contribution in [0.15, 0.2) is 24.3 Å². The van der Waals surface area contributed by atoms with Gasteiger partial charge in [0.2, 0.25) is 0 Å². The molecule has 0 aliphatic heterocycles. The Bertz CT molecular complexity index is 381. The SMILES string of the molecule is COC(=O)C(C)C(=O)c1ccc(CO)cc1. The maximum absolute atomic E-state index is 11.8. The molecule has 0 spiro atoms. The van der Waals surface area contributed by atoms with Crippen molar-refractivity contribution in [1.29, 1.82) is 0 Å². The first-order valence-electron chi connectivity index (χ1n) is 4.92. The van der Waals surface area contributed by atoms with Crippen molar-refractivity contribution >= 4 is 11.8 Å². The summed E-state index contributed by atoms with van der Waals surface area (Å²) in [5.41, 5.74) is 1.16. The van der Waals surface area contributed by atoms with Gasteiger partial charge < -0.3 is 9.84 Å². The molecule has 0 aliphatic carbocycles. The molecule has 0 aromatic heterocycles. The molecule has 1 aromatic carbocycles. The number of rotatable bonds is 4. The van der Waals surface area contributed by atoms with E-state index < -0.39 is 11.9 Å². The second-order valence-corrected chi connectivity index (χ2v) is 3.46. The van der Waals surface area contributed by atoms with E-state index in [0.717, 1.165) is 5.56 Å². The minimum absolute atomic E-state index is 0.0684. The van der Waals surface area contributed by atoms with E-state index in [1.54, 1.807) is 24.3 Å². The first kappa shape index (κ1) is 12.4. The maximum atomic E-state index is 11.8. The Balaban J connectivity index is 2.84. The molecule has 1 N–H and O–H groups in total. The summed E-state index contributed by atoms with van der Waals surface area (Å²) in [7, 11) is 1.25. The van der Waals surface area contributed by atoms with Crippen molar-refractivity contribution in [2.45, 2.75) is 13.5 Å². The Hall–Kier alpha value is -1.68. The molecule has 0 heterocycles. The normalized spacial score (nSPS) is 11.9. The summed E-state index contributed by atoms with van der Waals surface area (Å²) in [6, 6.07) is 6.48. The lowest BCUT2D eigenvalue weighted by molar-refractivity contribution is -0.143. The van der Waals surface area contributed by atoms with Gasteiger partial charge in [-0.25, -0.2) is 0 Å². The zero-order valence-corrected chi connectivity index (χ0v) is 9.27. The van der Waals surface area contributed by atoms with Crippen LogP contribution in [0.1, 0.15) is 22.8 Å². The number of hydrogen-bond acceptors (Lipinski definition) is 4. The van der Waals surface area contributed by atoms with Gasteiger partial charge in [0.15, 0.2) is 5.78 Å². The molecule has 0 aliphatic rings. The van der Waals surface area contributed by atoms with Crippen molar-refractivity contribution in [2.24, 2.45) is 5.92 Å². The summed E-state index contributed by atoms with van der Waals surface area (Å²) in [6.45, 7) is 1.44. The van der Waals surface area contributed by atoms with Crippen LogP contribution in [0.3, 0.4) is 0 Å². The van der Waals surface area contributed by atoms with Crippen molar-refractivity contribution in [3.8, 4) is 0 Å². The Morgan fingerprint density at radius 3 is 2.31 bits per heavy atom. The monoisotopic (exact) mass is 222 g/mol. The Kier molecular flexibility index (Phi) is 4.19. The molecule has 1 atom stereocenters. The largest absolute Gasteiger partial charge is 0.468 e. The molecule has 0 saturated carbocycles. The summed E-state index contributed by atoms with van der Waals surface area (Å²) < 4.78 is 4.50. The molecule has 0 fully saturated rings. The van der Waals surface area contributed by atoms with Gasteiger partial charge in [0.1, 0.15) is 5.92 Å². The molecule has 86 valence electrons. The van der Waals surface area contributed by atoms with Gasteiger partial charge in [-0.05, 0) is 12.5 Å². The second-order valence-electron chi connectivity index (χ2n) is 3.46. The first-order chi connectivity index (χ1) is 7.60. The maximum Gasteiger partial charge on any atom is 0.316 e. The number of ketones is 1. The number of benzene rings is 1. The molecule has 4 nitrogen and oxygen atoms in total. The lowest BCUT2D eigenvalue weighted by Gasteiger charge is -2.08. The number of Topliss-reactive ketones (excluding diaryl/α,β-unsaturated/α-hetero) is 1. The van der Waals surface area contributed by atoms with Gasteiger partial charge in [0.05, 0.1) is 13.7 Å². The molecule has 1 unspecified atom stereocenters. The van der Waals surface area contributed by atoms with Crippen LogP contribution in [0.5, 0.6) is 0 Å². The van der Waals surface area contributed by atoms with Crippen molar-refractivity contribution in [2.75, 3.05) is 7.11 Å². The summed E-state index contributed by atoms with van der Waals surface area (Å²) in [4.78, 5) is 22.9. The van der Waals surface area contributed by atoms with Crippen LogP contribution in [0.4, 0.5) is 0 Å². The Morgan fingerprint density at radius 2 is 1.88 bits per heavy atom. The number of methoxy groups -OCH3 is 1. The zero-order chi connectivity index (χ0) is 12.1. The predicted molar refractivity (Wildman–Crippen MR) is 57.9 cm³/mol. The number of aliphatic hydroxyl groups excluding tert-OH is 1. The van der Waals surface area contributed by atoms with Crippen molar-refractivity contribution in [1.82, 2.24) is 0 Å². The molecule has 0 radical (unpaired) electrons. The molecular formula is C12H14O4. The van der Waals surface area contributed by atoms with E-state index in [9.17, 15) is 9.59 Å². The highest BCUT2D eigenvalue weighted by molar-refractivity contribution is 6.08. The lowest BCUT2D eigenvalue weighted by Crippen LogP contribution is -2.22. The number of ether oxygens (including phenoxy) is 1. The number of carbonyl (C=O) groups excluding carboxylic acids is 2. The fourth-order valence-corrected chi connectivity index (χ4v) is 1.31. The number of aliphatic hydroxyl groups is 1. The molecular weight excluding hydrogens is 208 g/mol. The quantitative estimate of drug-likeness (QED) is 0.472. The summed E-state index contributed by atoms with van der Waals surface area (Å²) in [5, 5.41) is 8.84. The molecule has 0 saturated heterocycles. The highest BCUT2D eigenvalue weighted by atomic mass is 16.5. The van der Waals surface area contributed by atoms with Crippen molar-refractivity contribution in [3.05, 3.63) is 35.4 Å². The second kappa shape index (κ2) is 5.42. The molecule has 0 amide bonds. The number of esters is 1. The topological polar surface area (TPSA) is 63.6 Å². The van der Waals surface area contributed by atoms with Gasteiger partial charge in [0.25, 0.3) is 0 Å². The standard InChI is InChI=1S/C12H14O4/c1-8(12(15)16-2)11(14)10-5-3-9(7-13)4-6-10/h3-6,8,13H,7H2,1-2H3. The van der Waals surface area contributed by atoms with Crippen LogP contribution < -0.4 is 0 Å². The average molecular weight is 222 g/mol. The van der Waals surface area contributed by atoms with E-state index in [2.05, 4.69) is 4.74 Å².